The summed E-state index contributed by atoms with van der Waals surface area (Å²) in [5, 5.41) is 3.05. The van der Waals surface area contributed by atoms with Gasteiger partial charge in [0.05, 0.1) is 13.2 Å². The lowest BCUT2D eigenvalue weighted by Crippen LogP contribution is -2.13. The van der Waals surface area contributed by atoms with Crippen LogP contribution < -0.4 is 11.5 Å². The Labute approximate surface area is 196 Å². The van der Waals surface area contributed by atoms with Gasteiger partial charge in [0.2, 0.25) is 0 Å². The number of nitrogens with two attached hydrogens (primary N) is 2. The Bertz CT molecular complexity index is 1300. The van der Waals surface area contributed by atoms with Gasteiger partial charge in [-0.2, -0.15) is 0 Å². The zero-order valence-electron chi connectivity index (χ0n) is 18.2. The molecule has 0 unspecified atom stereocenters. The van der Waals surface area contributed by atoms with Crippen LogP contribution in [-0.2, 0) is 26.5 Å². The van der Waals surface area contributed by atoms with Gasteiger partial charge in [0.1, 0.15) is 11.4 Å². The molecule has 174 valence electrons. The summed E-state index contributed by atoms with van der Waals surface area (Å²) in [7, 11) is -2.68. The monoisotopic (exact) mass is 478 g/mol. The summed E-state index contributed by atoms with van der Waals surface area (Å²) in [5.41, 5.74) is 13.0. The van der Waals surface area contributed by atoms with Crippen molar-refractivity contribution >= 4 is 41.6 Å². The number of fused-ring (bicyclic) bond motifs is 2. The van der Waals surface area contributed by atoms with Crippen LogP contribution in [0.15, 0.2) is 60.9 Å². The first-order chi connectivity index (χ1) is 16.4. The average molecular weight is 478 g/mol. The fourth-order valence-electron chi connectivity index (χ4n) is 3.68. The summed E-state index contributed by atoms with van der Waals surface area (Å²) in [5.74, 6) is -1.18. The largest absolute Gasteiger partial charge is 0.364 e. The highest BCUT2D eigenvalue weighted by atomic mass is 31.1. The molecule has 0 aliphatic rings. The van der Waals surface area contributed by atoms with Gasteiger partial charge < -0.3 is 20.5 Å². The number of amides is 2. The van der Waals surface area contributed by atoms with Crippen LogP contribution in [0.1, 0.15) is 32.1 Å². The van der Waals surface area contributed by atoms with Crippen LogP contribution in [0.25, 0.3) is 21.5 Å². The maximum Gasteiger partial charge on any atom is 0.319 e. The highest BCUT2D eigenvalue weighted by molar-refractivity contribution is 7.33. The lowest BCUT2D eigenvalue weighted by molar-refractivity contribution is 0.0989. The van der Waals surface area contributed by atoms with E-state index >= 15 is 0 Å². The topological polar surface area (TPSA) is 147 Å². The van der Waals surface area contributed by atoms with Crippen LogP contribution in [0.4, 0.5) is 0 Å². The van der Waals surface area contributed by atoms with Crippen LogP contribution in [0, 0.1) is 0 Å². The van der Waals surface area contributed by atoms with E-state index in [0.29, 0.717) is 23.6 Å². The fraction of sp³-hybridized carbons (Fsp3) is 0.167. The van der Waals surface area contributed by atoms with Crippen molar-refractivity contribution in [3.63, 3.8) is 0 Å². The molecule has 4 N–H and O–H groups in total. The van der Waals surface area contributed by atoms with Crippen molar-refractivity contribution in [2.24, 2.45) is 11.5 Å². The lowest BCUT2D eigenvalue weighted by Gasteiger charge is -2.09. The maximum absolute atomic E-state index is 12.1. The van der Waals surface area contributed by atoms with Crippen LogP contribution in [-0.4, -0.2) is 35.0 Å². The van der Waals surface area contributed by atoms with Gasteiger partial charge in [-0.25, -0.2) is 0 Å². The number of pyridine rings is 2. The van der Waals surface area contributed by atoms with E-state index < -0.39 is 20.1 Å². The molecule has 0 spiro atoms. The SMILES string of the molecule is NC(=O)c1nccc2ccc(CCO[PH](=O)OCCc3ccc4ccnc(C(N)=O)c4c3)cc12. The fourth-order valence-corrected chi connectivity index (χ4v) is 4.30. The lowest BCUT2D eigenvalue weighted by atomic mass is 10.0. The third-order valence-electron chi connectivity index (χ3n) is 5.35. The van der Waals surface area contributed by atoms with Crippen molar-refractivity contribution in [2.75, 3.05) is 13.2 Å². The van der Waals surface area contributed by atoms with E-state index in [0.717, 1.165) is 21.9 Å². The van der Waals surface area contributed by atoms with E-state index in [1.165, 1.54) is 0 Å². The Kier molecular flexibility index (Phi) is 7.27. The molecular formula is C24H23N4O5P. The molecule has 0 fully saturated rings. The van der Waals surface area contributed by atoms with Crippen molar-refractivity contribution in [3.8, 4) is 0 Å². The zero-order chi connectivity index (χ0) is 24.1. The van der Waals surface area contributed by atoms with Crippen molar-refractivity contribution < 1.29 is 23.2 Å². The first-order valence-corrected chi connectivity index (χ1v) is 11.8. The van der Waals surface area contributed by atoms with Crippen molar-refractivity contribution in [3.05, 3.63) is 83.4 Å². The number of benzene rings is 2. The minimum atomic E-state index is -2.68. The highest BCUT2D eigenvalue weighted by Gasteiger charge is 2.10. The van der Waals surface area contributed by atoms with Crippen LogP contribution in [0.3, 0.4) is 0 Å². The second-order valence-corrected chi connectivity index (χ2v) is 8.68. The quantitative estimate of drug-likeness (QED) is 0.333. The van der Waals surface area contributed by atoms with Crippen LogP contribution in [0.2, 0.25) is 0 Å². The standard InChI is InChI=1S/C24H23N4O5P/c25-23(29)21-19-13-15(1-3-17(19)5-9-27-21)7-11-32-34(31)33-12-8-16-2-4-18-6-10-28-22(24(26)30)20(18)14-16/h1-6,9-10,13-14,34H,7-8,11-12H2,(H2,25,29)(H2,26,30). The molecule has 2 aromatic heterocycles. The summed E-state index contributed by atoms with van der Waals surface area (Å²) >= 11 is 0. The van der Waals surface area contributed by atoms with Crippen molar-refractivity contribution in [1.82, 2.24) is 9.97 Å². The van der Waals surface area contributed by atoms with Crippen molar-refractivity contribution in [2.45, 2.75) is 12.8 Å². The number of nitrogens with zero attached hydrogens (tertiary/aromatic N) is 2. The Hall–Kier alpha value is -3.65. The average Bonchev–Trinajstić information content (AvgIpc) is 2.83. The molecule has 34 heavy (non-hydrogen) atoms. The molecule has 0 radical (unpaired) electrons. The Balaban J connectivity index is 1.29. The first kappa shape index (κ1) is 23.5. The molecule has 2 aromatic carbocycles. The minimum Gasteiger partial charge on any atom is -0.364 e. The summed E-state index contributed by atoms with van der Waals surface area (Å²) in [6.07, 6.45) is 4.05. The zero-order valence-corrected chi connectivity index (χ0v) is 19.2. The van der Waals surface area contributed by atoms with Gasteiger partial charge in [0, 0.05) is 23.2 Å². The van der Waals surface area contributed by atoms with Crippen LogP contribution in [0.5, 0.6) is 0 Å². The third kappa shape index (κ3) is 5.46. The number of primary amides is 2. The molecule has 10 heteroatoms. The summed E-state index contributed by atoms with van der Waals surface area (Å²) in [6, 6.07) is 14.8. The minimum absolute atomic E-state index is 0.194. The Morgan fingerprint density at radius 2 is 1.18 bits per heavy atom. The van der Waals surface area contributed by atoms with Gasteiger partial charge in [-0.3, -0.25) is 24.1 Å². The summed E-state index contributed by atoms with van der Waals surface area (Å²) < 4.78 is 22.8. The molecule has 0 saturated heterocycles. The van der Waals surface area contributed by atoms with E-state index in [9.17, 15) is 14.2 Å². The Morgan fingerprint density at radius 3 is 1.59 bits per heavy atom. The summed E-state index contributed by atoms with van der Waals surface area (Å²) in [4.78, 5) is 31.3. The predicted molar refractivity (Wildman–Crippen MR) is 129 cm³/mol. The summed E-state index contributed by atoms with van der Waals surface area (Å²) in [6.45, 7) is 0.387. The molecule has 2 amide bonds. The van der Waals surface area contributed by atoms with Gasteiger partial charge in [-0.1, -0.05) is 24.3 Å². The van der Waals surface area contributed by atoms with Gasteiger partial charge >= 0.3 is 8.25 Å². The smallest absolute Gasteiger partial charge is 0.319 e. The molecule has 0 atom stereocenters. The maximum atomic E-state index is 12.1. The molecule has 9 nitrogen and oxygen atoms in total. The second-order valence-electron chi connectivity index (χ2n) is 7.61. The van der Waals surface area contributed by atoms with Crippen LogP contribution >= 0.6 is 8.25 Å². The molecule has 0 aliphatic heterocycles. The molecule has 2 heterocycles. The molecule has 0 aliphatic carbocycles. The molecule has 4 aromatic rings. The number of rotatable bonds is 10. The molecular weight excluding hydrogens is 455 g/mol. The number of carbonyl (C=O) groups is 2. The molecule has 0 saturated carbocycles. The predicted octanol–water partition coefficient (Wildman–Crippen LogP) is 3.19. The second kappa shape index (κ2) is 10.5. The van der Waals surface area contributed by atoms with E-state index in [4.69, 9.17) is 20.5 Å². The van der Waals surface area contributed by atoms with Gasteiger partial charge in [0.15, 0.2) is 0 Å². The van der Waals surface area contributed by atoms with Crippen molar-refractivity contribution in [1.29, 1.82) is 0 Å². The normalized spacial score (nSPS) is 11.3. The van der Waals surface area contributed by atoms with Gasteiger partial charge in [0.25, 0.3) is 11.8 Å². The Morgan fingerprint density at radius 1 is 0.735 bits per heavy atom. The number of hydrogen-bond acceptors (Lipinski definition) is 7. The van der Waals surface area contributed by atoms with Gasteiger partial charge in [-0.05, 0) is 59.0 Å². The van der Waals surface area contributed by atoms with E-state index in [-0.39, 0.29) is 24.6 Å². The number of carbonyl (C=O) groups excluding carboxylic acids is 2. The number of hydrogen-bond donors (Lipinski definition) is 2. The molecule has 0 bridgehead atoms. The van der Waals surface area contributed by atoms with Gasteiger partial charge in [-0.15, -0.1) is 0 Å². The third-order valence-corrected chi connectivity index (χ3v) is 6.23. The van der Waals surface area contributed by atoms with E-state index in [2.05, 4.69) is 9.97 Å². The number of aromatic nitrogens is 2. The molecule has 4 rings (SSSR count). The van der Waals surface area contributed by atoms with E-state index in [1.54, 1.807) is 24.5 Å². The van der Waals surface area contributed by atoms with E-state index in [1.807, 2.05) is 36.4 Å². The first-order valence-electron chi connectivity index (χ1n) is 10.6. The highest BCUT2D eigenvalue weighted by Crippen LogP contribution is 2.26.